The van der Waals surface area contributed by atoms with Crippen LogP contribution in [0.2, 0.25) is 0 Å². The van der Waals surface area contributed by atoms with Gasteiger partial charge in [-0.3, -0.25) is 9.59 Å². The number of methoxy groups -OCH3 is 1. The van der Waals surface area contributed by atoms with Crippen molar-refractivity contribution in [3.05, 3.63) is 48.0 Å². The fourth-order valence-corrected chi connectivity index (χ4v) is 3.51. The van der Waals surface area contributed by atoms with Gasteiger partial charge in [-0.05, 0) is 37.3 Å². The average Bonchev–Trinajstić information content (AvgIpc) is 2.87. The molecule has 0 radical (unpaired) electrons. The number of amides is 2. The first-order valence-corrected chi connectivity index (χ1v) is 9.67. The van der Waals surface area contributed by atoms with E-state index in [1.54, 1.807) is 54.2 Å². The summed E-state index contributed by atoms with van der Waals surface area (Å²) in [6, 6.07) is 11.8. The van der Waals surface area contributed by atoms with E-state index in [-0.39, 0.29) is 11.5 Å². The van der Waals surface area contributed by atoms with Crippen molar-refractivity contribution in [2.75, 3.05) is 23.5 Å². The Hall–Kier alpha value is -3.00. The fraction of sp³-hybridized carbons (Fsp3) is 0.250. The molecule has 0 spiro atoms. The number of anilines is 2. The number of nitrogens with one attached hydrogen (secondary N) is 2. The molecule has 1 heterocycles. The van der Waals surface area contributed by atoms with Crippen LogP contribution in [0.15, 0.2) is 47.4 Å². The highest BCUT2D eigenvalue weighted by atomic mass is 32.2. The van der Waals surface area contributed by atoms with E-state index >= 15 is 0 Å². The molecule has 2 amide bonds. The average molecular weight is 400 g/mol. The van der Waals surface area contributed by atoms with E-state index in [0.29, 0.717) is 29.3 Å². The van der Waals surface area contributed by atoms with Crippen LogP contribution >= 0.6 is 11.8 Å². The summed E-state index contributed by atoms with van der Waals surface area (Å²) in [5.41, 5.74) is 1.38. The van der Waals surface area contributed by atoms with Crippen molar-refractivity contribution in [2.45, 2.75) is 24.3 Å². The number of carbonyl (C=O) groups is 3. The van der Waals surface area contributed by atoms with Gasteiger partial charge in [-0.1, -0.05) is 6.07 Å². The van der Waals surface area contributed by atoms with Gasteiger partial charge in [0.1, 0.15) is 5.75 Å². The molecule has 8 heteroatoms. The van der Waals surface area contributed by atoms with Crippen LogP contribution in [0.25, 0.3) is 0 Å². The molecule has 0 saturated heterocycles. The summed E-state index contributed by atoms with van der Waals surface area (Å²) < 4.78 is 10.4. The molecule has 2 N–H and O–H groups in total. The molecule has 0 bridgehead atoms. The molecule has 0 fully saturated rings. The molecule has 28 heavy (non-hydrogen) atoms. The molecule has 0 saturated carbocycles. The molecule has 2 aromatic carbocycles. The van der Waals surface area contributed by atoms with Crippen LogP contribution in [-0.4, -0.2) is 36.8 Å². The van der Waals surface area contributed by atoms with Crippen molar-refractivity contribution >= 4 is 40.9 Å². The zero-order valence-corrected chi connectivity index (χ0v) is 16.3. The van der Waals surface area contributed by atoms with Crippen molar-refractivity contribution in [2.24, 2.45) is 0 Å². The van der Waals surface area contributed by atoms with Gasteiger partial charge in [-0.2, -0.15) is 0 Å². The lowest BCUT2D eigenvalue weighted by Gasteiger charge is -2.15. The fourth-order valence-electron chi connectivity index (χ4n) is 2.57. The number of thioether (sulfide) groups is 1. The lowest BCUT2D eigenvalue weighted by Crippen LogP contribution is -2.30. The molecule has 0 aliphatic carbocycles. The standard InChI is InChI=1S/C20H20N2O5S/c1-12(19(24)21-14-4-3-5-15(11-14)26-2)27-20(25)13-6-7-17-16(10-13)22-18(23)8-9-28-17/h3-7,10-12H,8-9H2,1-2H3,(H,21,24)(H,22,23)/t12-/m0/s1. The number of rotatable bonds is 5. The van der Waals surface area contributed by atoms with Crippen LogP contribution in [0.1, 0.15) is 23.7 Å². The maximum Gasteiger partial charge on any atom is 0.338 e. The summed E-state index contributed by atoms with van der Waals surface area (Å²) in [5.74, 6) is 0.0966. The second kappa shape index (κ2) is 8.79. The molecule has 0 unspecified atom stereocenters. The Bertz CT molecular complexity index is 915. The lowest BCUT2D eigenvalue weighted by atomic mass is 10.2. The summed E-state index contributed by atoms with van der Waals surface area (Å²) in [7, 11) is 1.53. The number of hydrogen-bond acceptors (Lipinski definition) is 6. The van der Waals surface area contributed by atoms with E-state index in [2.05, 4.69) is 10.6 Å². The molecular weight excluding hydrogens is 380 g/mol. The Labute approximate surface area is 166 Å². The number of carbonyl (C=O) groups excluding carboxylic acids is 3. The smallest absolute Gasteiger partial charge is 0.338 e. The number of esters is 1. The summed E-state index contributed by atoms with van der Waals surface area (Å²) in [6.07, 6.45) is -0.581. The Morgan fingerprint density at radius 3 is 2.82 bits per heavy atom. The van der Waals surface area contributed by atoms with Gasteiger partial charge in [0.15, 0.2) is 6.10 Å². The highest BCUT2D eigenvalue weighted by molar-refractivity contribution is 7.99. The molecule has 0 aromatic heterocycles. The van der Waals surface area contributed by atoms with Gasteiger partial charge in [-0.25, -0.2) is 4.79 Å². The van der Waals surface area contributed by atoms with E-state index < -0.39 is 18.0 Å². The molecule has 1 atom stereocenters. The van der Waals surface area contributed by atoms with Crippen molar-refractivity contribution in [1.29, 1.82) is 0 Å². The number of fused-ring (bicyclic) bond motifs is 1. The number of hydrogen-bond donors (Lipinski definition) is 2. The van der Waals surface area contributed by atoms with Crippen molar-refractivity contribution in [3.8, 4) is 5.75 Å². The molecule has 1 aliphatic heterocycles. The van der Waals surface area contributed by atoms with E-state index in [4.69, 9.17) is 9.47 Å². The summed E-state index contributed by atoms with van der Waals surface area (Å²) in [6.45, 7) is 1.49. The van der Waals surface area contributed by atoms with Gasteiger partial charge >= 0.3 is 5.97 Å². The first kappa shape index (κ1) is 19.8. The van der Waals surface area contributed by atoms with Crippen molar-refractivity contribution in [3.63, 3.8) is 0 Å². The molecule has 7 nitrogen and oxygen atoms in total. The van der Waals surface area contributed by atoms with Crippen LogP contribution in [0.3, 0.4) is 0 Å². The summed E-state index contributed by atoms with van der Waals surface area (Å²) in [5, 5.41) is 5.46. The molecular formula is C20H20N2O5S. The lowest BCUT2D eigenvalue weighted by molar-refractivity contribution is -0.123. The van der Waals surface area contributed by atoms with Crippen molar-refractivity contribution < 1.29 is 23.9 Å². The zero-order valence-electron chi connectivity index (χ0n) is 15.5. The predicted octanol–water partition coefficient (Wildman–Crippen LogP) is 3.31. The van der Waals surface area contributed by atoms with Gasteiger partial charge in [0.05, 0.1) is 18.4 Å². The minimum Gasteiger partial charge on any atom is -0.497 e. The second-order valence-electron chi connectivity index (χ2n) is 6.13. The quantitative estimate of drug-likeness (QED) is 0.748. The largest absolute Gasteiger partial charge is 0.497 e. The van der Waals surface area contributed by atoms with Gasteiger partial charge in [0.2, 0.25) is 5.91 Å². The summed E-state index contributed by atoms with van der Waals surface area (Å²) >= 11 is 1.55. The van der Waals surface area contributed by atoms with Crippen LogP contribution in [0, 0.1) is 0 Å². The predicted molar refractivity (Wildman–Crippen MR) is 107 cm³/mol. The highest BCUT2D eigenvalue weighted by Gasteiger charge is 2.21. The van der Waals surface area contributed by atoms with E-state index in [0.717, 1.165) is 4.90 Å². The van der Waals surface area contributed by atoms with Gasteiger partial charge in [0, 0.05) is 28.8 Å². The Morgan fingerprint density at radius 1 is 1.21 bits per heavy atom. The maximum absolute atomic E-state index is 12.4. The highest BCUT2D eigenvalue weighted by Crippen LogP contribution is 2.31. The first-order chi connectivity index (χ1) is 13.5. The van der Waals surface area contributed by atoms with E-state index in [9.17, 15) is 14.4 Å². The van der Waals surface area contributed by atoms with Crippen molar-refractivity contribution in [1.82, 2.24) is 0 Å². The minimum atomic E-state index is -0.999. The zero-order chi connectivity index (χ0) is 20.1. The first-order valence-electron chi connectivity index (χ1n) is 8.69. The minimum absolute atomic E-state index is 0.0946. The van der Waals surface area contributed by atoms with Gasteiger partial charge < -0.3 is 20.1 Å². The third-order valence-corrected chi connectivity index (χ3v) is 5.14. The monoisotopic (exact) mass is 400 g/mol. The van der Waals surface area contributed by atoms with Crippen LogP contribution in [0.5, 0.6) is 5.75 Å². The Kier molecular flexibility index (Phi) is 6.20. The molecule has 146 valence electrons. The third kappa shape index (κ3) is 4.83. The van der Waals surface area contributed by atoms with Crippen LogP contribution < -0.4 is 15.4 Å². The molecule has 1 aliphatic rings. The topological polar surface area (TPSA) is 93.7 Å². The molecule has 2 aromatic rings. The van der Waals surface area contributed by atoms with Crippen LogP contribution in [0.4, 0.5) is 11.4 Å². The maximum atomic E-state index is 12.4. The second-order valence-corrected chi connectivity index (χ2v) is 7.26. The van der Waals surface area contributed by atoms with E-state index in [1.807, 2.05) is 0 Å². The Morgan fingerprint density at radius 2 is 2.04 bits per heavy atom. The SMILES string of the molecule is COc1cccc(NC(=O)[C@H](C)OC(=O)c2ccc3c(c2)NC(=O)CCS3)c1. The Balaban J connectivity index is 1.65. The number of benzene rings is 2. The summed E-state index contributed by atoms with van der Waals surface area (Å²) in [4.78, 5) is 37.3. The van der Waals surface area contributed by atoms with Gasteiger partial charge in [-0.15, -0.1) is 11.8 Å². The van der Waals surface area contributed by atoms with Crippen LogP contribution in [-0.2, 0) is 14.3 Å². The number of ether oxygens (including phenoxy) is 2. The molecule has 3 rings (SSSR count). The third-order valence-electron chi connectivity index (χ3n) is 4.07. The van der Waals surface area contributed by atoms with E-state index in [1.165, 1.54) is 14.0 Å². The van der Waals surface area contributed by atoms with Gasteiger partial charge in [0.25, 0.3) is 5.91 Å². The normalized spacial score (nSPS) is 14.1.